The van der Waals surface area contributed by atoms with Gasteiger partial charge in [-0.1, -0.05) is 53.7 Å². The fourth-order valence-corrected chi connectivity index (χ4v) is 8.16. The number of allylic oxidation sites excluding steroid dienone is 4. The molecule has 0 amide bonds. The van der Waals surface area contributed by atoms with E-state index in [2.05, 4.69) is 42.5 Å². The SMILES string of the molecule is CC(=O)[C@@]1(O)[C@@H](I)C[C@H]2[C@@H]3CCC4=CC(=O)CC[C@]4(C)C3=CC[C@@]21C. The predicted molar refractivity (Wildman–Crippen MR) is 106 cm³/mol. The lowest BCUT2D eigenvalue weighted by Crippen LogP contribution is -2.56. The van der Waals surface area contributed by atoms with Crippen LogP contribution < -0.4 is 0 Å². The molecule has 0 aromatic carbocycles. The summed E-state index contributed by atoms with van der Waals surface area (Å²) in [5, 5.41) is 11.4. The Kier molecular flexibility index (Phi) is 3.94. The van der Waals surface area contributed by atoms with E-state index in [4.69, 9.17) is 0 Å². The Balaban J connectivity index is 1.79. The monoisotopic (exact) mass is 454 g/mol. The minimum atomic E-state index is -1.22. The number of hydrogen-bond acceptors (Lipinski definition) is 3. The van der Waals surface area contributed by atoms with Crippen molar-refractivity contribution in [2.45, 2.75) is 68.8 Å². The lowest BCUT2D eigenvalue weighted by molar-refractivity contribution is -0.149. The number of rotatable bonds is 1. The highest BCUT2D eigenvalue weighted by Gasteiger charge is 2.67. The van der Waals surface area contributed by atoms with Gasteiger partial charge in [-0.3, -0.25) is 9.59 Å². The van der Waals surface area contributed by atoms with Crippen LogP contribution in [0.25, 0.3) is 0 Å². The Morgan fingerprint density at radius 1 is 1.32 bits per heavy atom. The minimum Gasteiger partial charge on any atom is -0.380 e. The van der Waals surface area contributed by atoms with Crippen molar-refractivity contribution in [1.29, 1.82) is 0 Å². The van der Waals surface area contributed by atoms with Gasteiger partial charge < -0.3 is 5.11 Å². The van der Waals surface area contributed by atoms with Crippen LogP contribution in [-0.4, -0.2) is 26.2 Å². The van der Waals surface area contributed by atoms with E-state index in [-0.39, 0.29) is 26.3 Å². The van der Waals surface area contributed by atoms with E-state index in [0.29, 0.717) is 18.3 Å². The molecule has 4 aliphatic carbocycles. The van der Waals surface area contributed by atoms with Gasteiger partial charge in [-0.05, 0) is 56.9 Å². The van der Waals surface area contributed by atoms with Crippen LogP contribution in [0.3, 0.4) is 0 Å². The number of hydrogen-bond donors (Lipinski definition) is 1. The smallest absolute Gasteiger partial charge is 0.162 e. The number of carbonyl (C=O) groups excluding carboxylic acids is 2. The average Bonchev–Trinajstić information content (AvgIpc) is 2.77. The van der Waals surface area contributed by atoms with Gasteiger partial charge in [-0.15, -0.1) is 0 Å². The van der Waals surface area contributed by atoms with Gasteiger partial charge in [0, 0.05) is 21.2 Å². The molecular weight excluding hydrogens is 427 g/mol. The van der Waals surface area contributed by atoms with Crippen molar-refractivity contribution in [1.82, 2.24) is 0 Å². The molecule has 25 heavy (non-hydrogen) atoms. The highest BCUT2D eigenvalue weighted by Crippen LogP contribution is 2.66. The van der Waals surface area contributed by atoms with Crippen LogP contribution in [-0.2, 0) is 9.59 Å². The fourth-order valence-electron chi connectivity index (χ4n) is 6.46. The summed E-state index contributed by atoms with van der Waals surface area (Å²) < 4.78 is -0.0250. The molecular formula is C21H27IO3. The first-order valence-electron chi connectivity index (χ1n) is 9.46. The number of ketones is 2. The van der Waals surface area contributed by atoms with Crippen molar-refractivity contribution in [2.75, 3.05) is 0 Å². The van der Waals surface area contributed by atoms with E-state index in [9.17, 15) is 14.7 Å². The zero-order chi connectivity index (χ0) is 18.2. The Bertz CT molecular complexity index is 723. The third kappa shape index (κ3) is 2.13. The second-order valence-corrected chi connectivity index (χ2v) is 10.5. The van der Waals surface area contributed by atoms with Crippen LogP contribution in [0, 0.1) is 22.7 Å². The Morgan fingerprint density at radius 3 is 2.72 bits per heavy atom. The minimum absolute atomic E-state index is 0.00978. The fraction of sp³-hybridized carbons (Fsp3) is 0.714. The molecule has 3 nitrogen and oxygen atoms in total. The summed E-state index contributed by atoms with van der Waals surface area (Å²) >= 11 is 2.30. The molecule has 0 radical (unpaired) electrons. The van der Waals surface area contributed by atoms with Crippen LogP contribution in [0.5, 0.6) is 0 Å². The summed E-state index contributed by atoms with van der Waals surface area (Å²) in [7, 11) is 0. The molecule has 136 valence electrons. The third-order valence-electron chi connectivity index (χ3n) is 8.05. The maximum Gasteiger partial charge on any atom is 0.162 e. The average molecular weight is 454 g/mol. The predicted octanol–water partition coefficient (Wildman–Crippen LogP) is 4.17. The van der Waals surface area contributed by atoms with E-state index in [1.54, 1.807) is 6.92 Å². The highest BCUT2D eigenvalue weighted by atomic mass is 127. The van der Waals surface area contributed by atoms with Crippen molar-refractivity contribution in [2.24, 2.45) is 22.7 Å². The molecule has 0 aliphatic heterocycles. The van der Waals surface area contributed by atoms with Crippen LogP contribution in [0.15, 0.2) is 23.3 Å². The normalized spacial score (nSPS) is 48.8. The van der Waals surface area contributed by atoms with E-state index in [0.717, 1.165) is 32.1 Å². The molecule has 2 fully saturated rings. The van der Waals surface area contributed by atoms with Crippen molar-refractivity contribution in [3.63, 3.8) is 0 Å². The second-order valence-electron chi connectivity index (χ2n) is 9.03. The van der Waals surface area contributed by atoms with Gasteiger partial charge in [0.15, 0.2) is 11.6 Å². The summed E-state index contributed by atoms with van der Waals surface area (Å²) in [5.41, 5.74) is 1.20. The molecule has 0 aromatic rings. The van der Waals surface area contributed by atoms with E-state index >= 15 is 0 Å². The van der Waals surface area contributed by atoms with E-state index < -0.39 is 5.60 Å². The van der Waals surface area contributed by atoms with Gasteiger partial charge in [0.2, 0.25) is 0 Å². The van der Waals surface area contributed by atoms with Crippen molar-refractivity contribution in [3.05, 3.63) is 23.3 Å². The summed E-state index contributed by atoms with van der Waals surface area (Å²) in [6, 6.07) is 0. The quantitative estimate of drug-likeness (QED) is 0.368. The number of carbonyl (C=O) groups is 2. The molecule has 0 saturated heterocycles. The first-order chi connectivity index (χ1) is 11.6. The van der Waals surface area contributed by atoms with Gasteiger partial charge in [0.25, 0.3) is 0 Å². The van der Waals surface area contributed by atoms with Crippen molar-refractivity contribution < 1.29 is 14.7 Å². The van der Waals surface area contributed by atoms with Crippen molar-refractivity contribution in [3.8, 4) is 0 Å². The number of aliphatic hydroxyl groups is 1. The molecule has 6 atom stereocenters. The van der Waals surface area contributed by atoms with Gasteiger partial charge in [-0.25, -0.2) is 0 Å². The molecule has 0 spiro atoms. The Morgan fingerprint density at radius 2 is 2.04 bits per heavy atom. The first-order valence-corrected chi connectivity index (χ1v) is 10.7. The summed E-state index contributed by atoms with van der Waals surface area (Å²) in [6.07, 6.45) is 9.45. The van der Waals surface area contributed by atoms with Gasteiger partial charge in [-0.2, -0.15) is 0 Å². The molecule has 0 aromatic heterocycles. The standard InChI is InChI=1S/C21H27IO3/c1-12(23)21(25)18(22)11-17-15-5-4-13-10-14(24)6-8-19(13,2)16(15)7-9-20(17,21)3/h7,10,15,17-18,25H,4-6,8-9,11H2,1-3H3/t15-,17+,18+,19+,20+,21-/m1/s1. The largest absolute Gasteiger partial charge is 0.380 e. The van der Waals surface area contributed by atoms with Crippen LogP contribution in [0.1, 0.15) is 59.3 Å². The van der Waals surface area contributed by atoms with Crippen LogP contribution in [0.4, 0.5) is 0 Å². The van der Waals surface area contributed by atoms with E-state index in [1.165, 1.54) is 11.1 Å². The molecule has 0 bridgehead atoms. The molecule has 2 saturated carbocycles. The molecule has 4 rings (SSSR count). The molecule has 0 heterocycles. The zero-order valence-corrected chi connectivity index (χ0v) is 17.4. The van der Waals surface area contributed by atoms with Gasteiger partial charge in [0.05, 0.1) is 0 Å². The Labute approximate surface area is 163 Å². The molecule has 4 aliphatic rings. The van der Waals surface area contributed by atoms with Crippen LogP contribution in [0.2, 0.25) is 0 Å². The zero-order valence-electron chi connectivity index (χ0n) is 15.3. The number of Topliss-reactive ketones (excluding diaryl/α,β-unsaturated/α-hetero) is 1. The molecule has 1 N–H and O–H groups in total. The van der Waals surface area contributed by atoms with Crippen molar-refractivity contribution >= 4 is 34.2 Å². The number of halogens is 1. The summed E-state index contributed by atoms with van der Waals surface area (Å²) in [6.45, 7) is 5.98. The molecule has 4 heteroatoms. The number of fused-ring (bicyclic) bond motifs is 5. The summed E-state index contributed by atoms with van der Waals surface area (Å²) in [5.74, 6) is 0.963. The van der Waals surface area contributed by atoms with Crippen LogP contribution >= 0.6 is 22.6 Å². The second kappa shape index (κ2) is 5.51. The topological polar surface area (TPSA) is 54.4 Å². The highest BCUT2D eigenvalue weighted by molar-refractivity contribution is 14.1. The maximum absolute atomic E-state index is 12.4. The summed E-state index contributed by atoms with van der Waals surface area (Å²) in [4.78, 5) is 24.3. The van der Waals surface area contributed by atoms with Gasteiger partial charge >= 0.3 is 0 Å². The van der Waals surface area contributed by atoms with Gasteiger partial charge in [0.1, 0.15) is 5.60 Å². The molecule has 0 unspecified atom stereocenters. The lowest BCUT2D eigenvalue weighted by atomic mass is 9.50. The van der Waals surface area contributed by atoms with E-state index in [1.807, 2.05) is 6.08 Å². The number of alkyl halides is 1. The Hall–Kier alpha value is -0.490. The third-order valence-corrected chi connectivity index (χ3v) is 9.46. The maximum atomic E-state index is 12.4. The first kappa shape index (κ1) is 17.9. The lowest BCUT2D eigenvalue weighted by Gasteiger charge is -2.54.